The van der Waals surface area contributed by atoms with Crippen LogP contribution in [-0.4, -0.2) is 50.8 Å². The van der Waals surface area contributed by atoms with Gasteiger partial charge in [-0.05, 0) is 19.3 Å². The molecule has 0 amide bonds. The van der Waals surface area contributed by atoms with Crippen molar-refractivity contribution in [1.82, 2.24) is 24.5 Å². The molecule has 1 aliphatic heterocycles. The monoisotopic (exact) mass is 399 g/mol. The number of hydrogen-bond donors (Lipinski definition) is 2. The molecule has 2 atom stereocenters. The van der Waals surface area contributed by atoms with Gasteiger partial charge in [0.15, 0.2) is 5.82 Å². The highest BCUT2D eigenvalue weighted by Crippen LogP contribution is 2.32. The molecule has 3 N–H and O–H groups in total. The molecule has 0 saturated carbocycles. The number of nitrogens with one attached hydrogen (secondary N) is 1. The maximum absolute atomic E-state index is 13.1. The normalized spacial score (nSPS) is 18.3. The fourth-order valence-corrected chi connectivity index (χ4v) is 3.99. The van der Waals surface area contributed by atoms with Crippen molar-refractivity contribution in [2.45, 2.75) is 39.3 Å². The molecule has 0 aromatic carbocycles. The molecule has 0 radical (unpaired) electrons. The first-order valence-corrected chi connectivity index (χ1v) is 10.0. The van der Waals surface area contributed by atoms with Gasteiger partial charge in [0, 0.05) is 51.1 Å². The first-order chi connectivity index (χ1) is 13.8. The van der Waals surface area contributed by atoms with Crippen LogP contribution in [0.15, 0.2) is 17.1 Å². The third-order valence-electron chi connectivity index (χ3n) is 6.12. The van der Waals surface area contributed by atoms with E-state index in [1.807, 2.05) is 24.9 Å². The Labute approximate surface area is 169 Å². The van der Waals surface area contributed by atoms with E-state index < -0.39 is 0 Å². The van der Waals surface area contributed by atoms with Crippen molar-refractivity contribution in [2.75, 3.05) is 30.8 Å². The van der Waals surface area contributed by atoms with Gasteiger partial charge in [-0.2, -0.15) is 10.2 Å². The van der Waals surface area contributed by atoms with Gasteiger partial charge in [0.05, 0.1) is 17.3 Å². The van der Waals surface area contributed by atoms with Crippen LogP contribution in [0.3, 0.4) is 0 Å². The van der Waals surface area contributed by atoms with E-state index in [2.05, 4.69) is 35.0 Å². The molecule has 9 heteroatoms. The number of methoxy groups -OCH3 is 1. The summed E-state index contributed by atoms with van der Waals surface area (Å²) in [7, 11) is 3.69. The average Bonchev–Trinajstić information content (AvgIpc) is 3.40. The second-order valence-electron chi connectivity index (χ2n) is 8.20. The van der Waals surface area contributed by atoms with E-state index in [9.17, 15) is 4.79 Å². The number of ether oxygens (including phenoxy) is 1. The van der Waals surface area contributed by atoms with Crippen LogP contribution < -0.4 is 16.2 Å². The van der Waals surface area contributed by atoms with Crippen LogP contribution in [0.1, 0.15) is 33.2 Å². The lowest BCUT2D eigenvalue weighted by atomic mass is 10.0. The van der Waals surface area contributed by atoms with Crippen LogP contribution in [0.4, 0.5) is 11.6 Å². The predicted molar refractivity (Wildman–Crippen MR) is 114 cm³/mol. The molecule has 3 aromatic heterocycles. The summed E-state index contributed by atoms with van der Waals surface area (Å²) in [6, 6.07) is 2.07. The minimum absolute atomic E-state index is 0.0178. The van der Waals surface area contributed by atoms with Crippen molar-refractivity contribution in [3.8, 4) is 11.3 Å². The van der Waals surface area contributed by atoms with E-state index in [1.165, 1.54) is 0 Å². The Morgan fingerprint density at radius 3 is 2.76 bits per heavy atom. The summed E-state index contributed by atoms with van der Waals surface area (Å²) in [5.74, 6) is 1.53. The summed E-state index contributed by atoms with van der Waals surface area (Å²) in [6.07, 6.45) is 3.11. The molecule has 156 valence electrons. The van der Waals surface area contributed by atoms with Gasteiger partial charge < -0.3 is 19.9 Å². The summed E-state index contributed by atoms with van der Waals surface area (Å²) in [4.78, 5) is 15.3. The number of aryl methyl sites for hydroxylation is 1. The number of H-pyrrole nitrogens is 1. The molecule has 0 aliphatic carbocycles. The maximum Gasteiger partial charge on any atom is 0.264 e. The van der Waals surface area contributed by atoms with Crippen molar-refractivity contribution < 1.29 is 4.74 Å². The molecule has 4 heterocycles. The predicted octanol–water partition coefficient (Wildman–Crippen LogP) is 2.15. The summed E-state index contributed by atoms with van der Waals surface area (Å²) in [5.41, 5.74) is 8.13. The third kappa shape index (κ3) is 3.19. The van der Waals surface area contributed by atoms with Gasteiger partial charge in [0.1, 0.15) is 11.2 Å². The quantitative estimate of drug-likeness (QED) is 0.681. The highest BCUT2D eigenvalue weighted by Gasteiger charge is 2.26. The van der Waals surface area contributed by atoms with Crippen LogP contribution in [0, 0.1) is 5.92 Å². The van der Waals surface area contributed by atoms with Crippen LogP contribution >= 0.6 is 0 Å². The zero-order valence-corrected chi connectivity index (χ0v) is 17.6. The molecule has 1 saturated heterocycles. The lowest BCUT2D eigenvalue weighted by Gasteiger charge is -2.20. The molecule has 3 aromatic rings. The first kappa shape index (κ1) is 19.5. The smallest absolute Gasteiger partial charge is 0.264 e. The van der Waals surface area contributed by atoms with Crippen molar-refractivity contribution in [3.05, 3.63) is 22.6 Å². The fourth-order valence-electron chi connectivity index (χ4n) is 3.99. The number of fused-ring (bicyclic) bond motifs is 1. The van der Waals surface area contributed by atoms with Crippen molar-refractivity contribution >= 4 is 22.5 Å². The number of nitrogen functional groups attached to an aromatic ring is 1. The Hall–Kier alpha value is -2.81. The lowest BCUT2D eigenvalue weighted by Crippen LogP contribution is -2.26. The zero-order chi connectivity index (χ0) is 20.9. The third-order valence-corrected chi connectivity index (χ3v) is 6.12. The molecular weight excluding hydrogens is 370 g/mol. The Bertz CT molecular complexity index is 1090. The Kier molecular flexibility index (Phi) is 4.85. The van der Waals surface area contributed by atoms with Crippen LogP contribution in [-0.2, 0) is 11.8 Å². The molecule has 1 fully saturated rings. The molecule has 4 rings (SSSR count). The maximum atomic E-state index is 13.1. The molecular formula is C20H29N7O2. The minimum atomic E-state index is -0.130. The highest BCUT2D eigenvalue weighted by atomic mass is 16.5. The number of nitrogens with two attached hydrogens (primary N) is 1. The molecule has 1 unspecified atom stereocenters. The summed E-state index contributed by atoms with van der Waals surface area (Å²) in [6.45, 7) is 7.99. The fraction of sp³-hybridized carbons (Fsp3) is 0.550. The van der Waals surface area contributed by atoms with Gasteiger partial charge in [-0.3, -0.25) is 14.6 Å². The number of hydrogen-bond acceptors (Lipinski definition) is 6. The lowest BCUT2D eigenvalue weighted by molar-refractivity contribution is 0.121. The molecule has 9 nitrogen and oxygen atoms in total. The Morgan fingerprint density at radius 1 is 1.34 bits per heavy atom. The second kappa shape index (κ2) is 7.22. The number of nitrogens with zero attached hydrogens (tertiary/aromatic N) is 5. The summed E-state index contributed by atoms with van der Waals surface area (Å²) >= 11 is 0. The van der Waals surface area contributed by atoms with Gasteiger partial charge in [-0.1, -0.05) is 13.8 Å². The SMILES string of the molecule is CO[C@H]1CCN(c2cc(-c3cn(C(C)C(C)C)c(=O)c4c(N)n[nH]c34)nn2C)C1. The van der Waals surface area contributed by atoms with E-state index in [4.69, 9.17) is 15.6 Å². The van der Waals surface area contributed by atoms with Gasteiger partial charge in [-0.25, -0.2) is 0 Å². The van der Waals surface area contributed by atoms with Crippen molar-refractivity contribution in [3.63, 3.8) is 0 Å². The Balaban J connectivity index is 1.85. The van der Waals surface area contributed by atoms with E-state index in [0.29, 0.717) is 16.8 Å². The second-order valence-corrected chi connectivity index (χ2v) is 8.20. The van der Waals surface area contributed by atoms with Gasteiger partial charge >= 0.3 is 0 Å². The van der Waals surface area contributed by atoms with Crippen molar-refractivity contribution in [1.29, 1.82) is 0 Å². The Morgan fingerprint density at radius 2 is 2.10 bits per heavy atom. The van der Waals surface area contributed by atoms with Gasteiger partial charge in [0.25, 0.3) is 5.56 Å². The summed E-state index contributed by atoms with van der Waals surface area (Å²) in [5, 5.41) is 12.2. The van der Waals surface area contributed by atoms with E-state index in [1.54, 1.807) is 11.7 Å². The van der Waals surface area contributed by atoms with E-state index in [0.717, 1.165) is 36.6 Å². The van der Waals surface area contributed by atoms with E-state index >= 15 is 0 Å². The number of pyridine rings is 1. The van der Waals surface area contributed by atoms with Crippen LogP contribution in [0.5, 0.6) is 0 Å². The summed E-state index contributed by atoms with van der Waals surface area (Å²) < 4.78 is 9.12. The average molecular weight is 399 g/mol. The largest absolute Gasteiger partial charge is 0.382 e. The highest BCUT2D eigenvalue weighted by molar-refractivity contribution is 5.97. The molecule has 29 heavy (non-hydrogen) atoms. The van der Waals surface area contributed by atoms with Crippen LogP contribution in [0.25, 0.3) is 22.2 Å². The first-order valence-electron chi connectivity index (χ1n) is 10.0. The number of rotatable bonds is 5. The minimum Gasteiger partial charge on any atom is -0.382 e. The van der Waals surface area contributed by atoms with Gasteiger partial charge in [0.2, 0.25) is 0 Å². The standard InChI is InChI=1S/C20H29N7O2/c1-11(2)12(3)27-10-14(18-17(20(27)28)19(21)23-22-18)15-8-16(25(4)24-15)26-7-6-13(9-26)29-5/h8,10-13H,6-7,9H2,1-5H3,(H3,21,22,23)/t12?,13-/m0/s1. The van der Waals surface area contributed by atoms with Crippen molar-refractivity contribution in [2.24, 2.45) is 13.0 Å². The van der Waals surface area contributed by atoms with Gasteiger partial charge in [-0.15, -0.1) is 0 Å². The number of anilines is 2. The number of aromatic nitrogens is 5. The number of aromatic amines is 1. The van der Waals surface area contributed by atoms with E-state index in [-0.39, 0.29) is 23.5 Å². The topological polar surface area (TPSA) is 107 Å². The molecule has 0 spiro atoms. The molecule has 0 bridgehead atoms. The van der Waals surface area contributed by atoms with Crippen LogP contribution in [0.2, 0.25) is 0 Å². The zero-order valence-electron chi connectivity index (χ0n) is 17.6. The molecule has 1 aliphatic rings.